The zero-order chi connectivity index (χ0) is 22.3. The maximum atomic E-state index is 13.2. The van der Waals surface area contributed by atoms with E-state index in [0.29, 0.717) is 18.4 Å². The third kappa shape index (κ3) is 1.70. The highest BCUT2D eigenvalue weighted by Gasteiger charge is 2.61. The van der Waals surface area contributed by atoms with E-state index < -0.39 is 17.6 Å². The first-order valence-electron chi connectivity index (χ1n) is 11.1. The summed E-state index contributed by atoms with van der Waals surface area (Å²) in [4.78, 5) is 25.5. The summed E-state index contributed by atoms with van der Waals surface area (Å²) >= 11 is 0. The molecule has 3 aliphatic rings. The van der Waals surface area contributed by atoms with E-state index in [-0.39, 0.29) is 12.3 Å². The molecule has 2 aromatic heterocycles. The van der Waals surface area contributed by atoms with Gasteiger partial charge in [-0.05, 0) is 24.6 Å². The normalized spacial score (nSPS) is 27.7. The molecule has 7 nitrogen and oxygen atoms in total. The minimum Gasteiger partial charge on any atom is -0.377 e. The fourth-order valence-corrected chi connectivity index (χ4v) is 6.63. The van der Waals surface area contributed by atoms with Crippen LogP contribution in [0, 0.1) is 0 Å². The Balaban J connectivity index is 1.79. The number of benzene rings is 3. The second-order valence-corrected chi connectivity index (χ2v) is 9.52. The molecular formula is C26H19N3O4. The summed E-state index contributed by atoms with van der Waals surface area (Å²) in [6.07, 6.45) is 0.189. The van der Waals surface area contributed by atoms with Gasteiger partial charge in [0, 0.05) is 34.5 Å². The van der Waals surface area contributed by atoms with Gasteiger partial charge in [-0.1, -0.05) is 36.4 Å². The Morgan fingerprint density at radius 3 is 2.52 bits per heavy atom. The summed E-state index contributed by atoms with van der Waals surface area (Å²) in [7, 11) is 0. The van der Waals surface area contributed by atoms with Gasteiger partial charge in [0.25, 0.3) is 5.91 Å². The first-order chi connectivity index (χ1) is 16.0. The molecule has 1 unspecified atom stereocenters. The van der Waals surface area contributed by atoms with Crippen molar-refractivity contribution >= 4 is 55.8 Å². The molecule has 1 fully saturated rings. The van der Waals surface area contributed by atoms with Crippen LogP contribution in [0.4, 0.5) is 0 Å². The van der Waals surface area contributed by atoms with Gasteiger partial charge in [-0.15, -0.1) is 0 Å². The van der Waals surface area contributed by atoms with Crippen LogP contribution in [-0.4, -0.2) is 32.0 Å². The van der Waals surface area contributed by atoms with Crippen LogP contribution in [0.5, 0.6) is 0 Å². The molecule has 0 saturated carbocycles. The van der Waals surface area contributed by atoms with Crippen molar-refractivity contribution in [3.63, 3.8) is 0 Å². The van der Waals surface area contributed by atoms with Gasteiger partial charge in [-0.25, -0.2) is 0 Å². The number of fused-ring (bicyclic) bond motifs is 13. The highest BCUT2D eigenvalue weighted by Crippen LogP contribution is 2.56. The van der Waals surface area contributed by atoms with Gasteiger partial charge in [0.1, 0.15) is 6.23 Å². The number of nitrogens with one attached hydrogen (secondary N) is 1. The number of carbonyl (C=O) groups excluding carboxylic acids is 2. The van der Waals surface area contributed by atoms with Crippen molar-refractivity contribution in [2.45, 2.75) is 37.4 Å². The van der Waals surface area contributed by atoms with Crippen molar-refractivity contribution in [3.05, 3.63) is 59.7 Å². The van der Waals surface area contributed by atoms with Crippen LogP contribution < -0.4 is 5.32 Å². The smallest absolute Gasteiger partial charge is 0.252 e. The first-order valence-corrected chi connectivity index (χ1v) is 11.1. The Kier molecular flexibility index (Phi) is 2.85. The molecule has 33 heavy (non-hydrogen) atoms. The fourth-order valence-electron chi connectivity index (χ4n) is 6.63. The van der Waals surface area contributed by atoms with Crippen LogP contribution in [0.15, 0.2) is 48.5 Å². The third-order valence-electron chi connectivity index (χ3n) is 8.08. The number of para-hydroxylation sites is 2. The fraction of sp³-hybridized carbons (Fsp3) is 0.231. The van der Waals surface area contributed by atoms with Crippen molar-refractivity contribution in [2.24, 2.45) is 0 Å². The molecule has 0 spiro atoms. The number of rotatable bonds is 1. The predicted octanol–water partition coefficient (Wildman–Crippen LogP) is 3.68. The molecule has 8 rings (SSSR count). The predicted molar refractivity (Wildman–Crippen MR) is 123 cm³/mol. The zero-order valence-electron chi connectivity index (χ0n) is 17.8. The van der Waals surface area contributed by atoms with Gasteiger partial charge < -0.3 is 24.3 Å². The van der Waals surface area contributed by atoms with Crippen molar-refractivity contribution in [3.8, 4) is 0 Å². The molecule has 0 aliphatic carbocycles. The van der Waals surface area contributed by atoms with Crippen LogP contribution in [0.3, 0.4) is 0 Å². The van der Waals surface area contributed by atoms with Crippen LogP contribution in [-0.2, 0) is 21.8 Å². The molecule has 3 aliphatic heterocycles. The van der Waals surface area contributed by atoms with Crippen LogP contribution in [0.1, 0.15) is 35.5 Å². The van der Waals surface area contributed by atoms with Gasteiger partial charge >= 0.3 is 0 Å². The first kappa shape index (κ1) is 17.8. The van der Waals surface area contributed by atoms with E-state index in [2.05, 4.69) is 9.88 Å². The molecule has 162 valence electrons. The third-order valence-corrected chi connectivity index (χ3v) is 8.08. The van der Waals surface area contributed by atoms with E-state index in [1.54, 1.807) is 6.92 Å². The SMILES string of the molecule is C[C@]12OC(C[C@@]1(O)C=O)n1c3ccccc3c3c4c(c5c6ccccc6n2c5c31)CNC4=O. The van der Waals surface area contributed by atoms with Gasteiger partial charge in [0.2, 0.25) is 0 Å². The van der Waals surface area contributed by atoms with E-state index in [9.17, 15) is 14.7 Å². The van der Waals surface area contributed by atoms with E-state index in [1.165, 1.54) is 0 Å². The van der Waals surface area contributed by atoms with Gasteiger partial charge in [0.05, 0.1) is 27.6 Å². The van der Waals surface area contributed by atoms with Gasteiger partial charge in [0.15, 0.2) is 17.6 Å². The Morgan fingerprint density at radius 1 is 1.06 bits per heavy atom. The molecule has 3 atom stereocenters. The summed E-state index contributed by atoms with van der Waals surface area (Å²) in [5.41, 5.74) is 2.24. The molecular weight excluding hydrogens is 418 g/mol. The number of aliphatic hydroxyl groups is 1. The number of ether oxygens (including phenoxy) is 1. The quantitative estimate of drug-likeness (QED) is 0.392. The van der Waals surface area contributed by atoms with E-state index in [0.717, 1.165) is 49.2 Å². The Hall–Kier alpha value is -3.68. The van der Waals surface area contributed by atoms with Crippen molar-refractivity contribution in [1.82, 2.24) is 14.5 Å². The lowest BCUT2D eigenvalue weighted by Gasteiger charge is -2.36. The van der Waals surface area contributed by atoms with Crippen LogP contribution in [0.2, 0.25) is 0 Å². The van der Waals surface area contributed by atoms with E-state index in [4.69, 9.17) is 4.74 Å². The Bertz CT molecular complexity index is 1760. The molecule has 5 aromatic rings. The number of amides is 1. The van der Waals surface area contributed by atoms with Gasteiger partial charge in [-0.3, -0.25) is 9.59 Å². The molecule has 2 bridgehead atoms. The van der Waals surface area contributed by atoms with Crippen molar-refractivity contribution in [2.75, 3.05) is 0 Å². The number of hydrogen-bond donors (Lipinski definition) is 2. The summed E-state index contributed by atoms with van der Waals surface area (Å²) in [6.45, 7) is 2.23. The van der Waals surface area contributed by atoms with Crippen LogP contribution >= 0.6 is 0 Å². The summed E-state index contributed by atoms with van der Waals surface area (Å²) in [6, 6.07) is 15.9. The number of aldehydes is 1. The minimum atomic E-state index is -1.71. The molecule has 3 aromatic carbocycles. The largest absolute Gasteiger partial charge is 0.377 e. The standard InChI is InChI=1S/C26H19N3O4/c1-25-26(32,12-30)10-18(33-25)28-16-8-4-2-6-13(16)20-21-15(11-27-24(21)31)19-14-7-3-5-9-17(14)29(25)23(19)22(20)28/h2-9,12,18,32H,10-11H2,1H3,(H,27,31)/t18?,25-,26+/m0/s1. The molecule has 1 amide bonds. The molecule has 7 heteroatoms. The van der Waals surface area contributed by atoms with Crippen LogP contribution in [0.25, 0.3) is 43.6 Å². The molecule has 5 heterocycles. The Labute approximate surface area is 187 Å². The number of nitrogens with zero attached hydrogens (tertiary/aromatic N) is 2. The molecule has 2 N–H and O–H groups in total. The molecule has 0 radical (unpaired) electrons. The minimum absolute atomic E-state index is 0.0717. The lowest BCUT2D eigenvalue weighted by atomic mass is 9.90. The number of carbonyl (C=O) groups is 2. The Morgan fingerprint density at radius 2 is 1.76 bits per heavy atom. The zero-order valence-corrected chi connectivity index (χ0v) is 17.8. The van der Waals surface area contributed by atoms with Crippen molar-refractivity contribution < 1.29 is 19.4 Å². The average Bonchev–Trinajstić information content (AvgIpc) is 3.51. The highest BCUT2D eigenvalue weighted by atomic mass is 16.6. The second kappa shape index (κ2) is 5.27. The number of aromatic nitrogens is 2. The average molecular weight is 437 g/mol. The van der Waals surface area contributed by atoms with Gasteiger partial charge in [-0.2, -0.15) is 0 Å². The summed E-state index contributed by atoms with van der Waals surface area (Å²) in [5.74, 6) is -0.0717. The molecule has 1 saturated heterocycles. The lowest BCUT2D eigenvalue weighted by molar-refractivity contribution is -0.177. The van der Waals surface area contributed by atoms with E-state index in [1.807, 2.05) is 53.1 Å². The second-order valence-electron chi connectivity index (χ2n) is 9.52. The number of hydrogen-bond acceptors (Lipinski definition) is 4. The lowest BCUT2D eigenvalue weighted by Crippen LogP contribution is -2.51. The summed E-state index contributed by atoms with van der Waals surface area (Å²) < 4.78 is 10.7. The summed E-state index contributed by atoms with van der Waals surface area (Å²) in [5, 5.41) is 18.5. The maximum Gasteiger partial charge on any atom is 0.252 e. The van der Waals surface area contributed by atoms with Crippen molar-refractivity contribution in [1.29, 1.82) is 0 Å². The maximum absolute atomic E-state index is 13.2. The van der Waals surface area contributed by atoms with E-state index >= 15 is 0 Å². The monoisotopic (exact) mass is 437 g/mol. The highest BCUT2D eigenvalue weighted by molar-refractivity contribution is 6.31. The topological polar surface area (TPSA) is 85.5 Å².